The number of hydrogen-bond donors (Lipinski definition) is 0. The lowest BCUT2D eigenvalue weighted by Crippen LogP contribution is -2.18. The van der Waals surface area contributed by atoms with Gasteiger partial charge in [0.2, 0.25) is 0 Å². The average Bonchev–Trinajstić information content (AvgIpc) is 2.25. The Balaban J connectivity index is 2.72. The molecule has 1 unspecified atom stereocenters. The fourth-order valence-electron chi connectivity index (χ4n) is 1.53. The van der Waals surface area contributed by atoms with Gasteiger partial charge in [-0.1, -0.05) is 54.1 Å². The van der Waals surface area contributed by atoms with Crippen LogP contribution in [0.3, 0.4) is 0 Å². The fourth-order valence-corrected chi connectivity index (χ4v) is 4.90. The monoisotopic (exact) mass is 226 g/mol. The van der Waals surface area contributed by atoms with E-state index < -0.39 is 0 Å². The van der Waals surface area contributed by atoms with Gasteiger partial charge in [0.1, 0.15) is 0 Å². The van der Waals surface area contributed by atoms with Gasteiger partial charge < -0.3 is 0 Å². The summed E-state index contributed by atoms with van der Waals surface area (Å²) >= 11 is 0. The van der Waals surface area contributed by atoms with Crippen LogP contribution in [-0.4, -0.2) is 19.5 Å². The molecule has 0 saturated carbocycles. The normalized spacial score (nSPS) is 13.6. The van der Waals surface area contributed by atoms with Crippen molar-refractivity contribution < 1.29 is 0 Å². The van der Waals surface area contributed by atoms with Gasteiger partial charge in [0, 0.05) is 0 Å². The molecular weight excluding hydrogens is 206 g/mol. The predicted octanol–water partition coefficient (Wildman–Crippen LogP) is 3.16. The molecule has 78 valence electrons. The minimum absolute atomic E-state index is 0.0988. The van der Waals surface area contributed by atoms with Gasteiger partial charge in [0.05, 0.1) is 0 Å². The van der Waals surface area contributed by atoms with E-state index in [-0.39, 0.29) is 7.92 Å². The van der Waals surface area contributed by atoms with Gasteiger partial charge in [-0.2, -0.15) is 0 Å². The molecule has 14 heavy (non-hydrogen) atoms. The van der Waals surface area contributed by atoms with Crippen LogP contribution in [0.1, 0.15) is 19.8 Å². The van der Waals surface area contributed by atoms with Gasteiger partial charge in [0.15, 0.2) is 0 Å². The van der Waals surface area contributed by atoms with Crippen molar-refractivity contribution in [1.82, 2.24) is 0 Å². The highest BCUT2D eigenvalue weighted by molar-refractivity contribution is 7.67. The van der Waals surface area contributed by atoms with E-state index in [1.165, 1.54) is 19.0 Å². The second-order valence-corrected chi connectivity index (χ2v) is 6.91. The maximum absolute atomic E-state index is 2.42. The van der Waals surface area contributed by atoms with Crippen LogP contribution in [0.15, 0.2) is 24.3 Å². The number of benzene rings is 1. The SMILES string of the molecule is CCCC[P@@](C)c1ccccc1PC. The number of rotatable bonds is 5. The lowest BCUT2D eigenvalue weighted by molar-refractivity contribution is 0.893. The van der Waals surface area contributed by atoms with Gasteiger partial charge in [-0.25, -0.2) is 0 Å². The first kappa shape index (κ1) is 12.2. The van der Waals surface area contributed by atoms with E-state index in [1.807, 2.05) is 0 Å². The Morgan fingerprint density at radius 2 is 2.00 bits per heavy atom. The maximum atomic E-state index is 2.42. The Bertz CT molecular complexity index is 271. The predicted molar refractivity (Wildman–Crippen MR) is 72.6 cm³/mol. The third-order valence-electron chi connectivity index (χ3n) is 2.43. The molecule has 0 bridgehead atoms. The molecule has 2 heteroatoms. The summed E-state index contributed by atoms with van der Waals surface area (Å²) in [5.74, 6) is 0. The van der Waals surface area contributed by atoms with Gasteiger partial charge in [-0.05, 0) is 36.5 Å². The molecule has 0 fully saturated rings. The molecule has 0 amide bonds. The molecule has 1 aromatic rings. The largest absolute Gasteiger partial charge is 0.0929 e. The molecular formula is C12H20P2. The van der Waals surface area contributed by atoms with Crippen LogP contribution in [0, 0.1) is 0 Å². The summed E-state index contributed by atoms with van der Waals surface area (Å²) in [6.07, 6.45) is 4.10. The van der Waals surface area contributed by atoms with Crippen LogP contribution < -0.4 is 10.6 Å². The van der Waals surface area contributed by atoms with E-state index in [1.54, 1.807) is 10.6 Å². The van der Waals surface area contributed by atoms with Crippen molar-refractivity contribution in [2.24, 2.45) is 0 Å². The molecule has 0 heterocycles. The van der Waals surface area contributed by atoms with Crippen molar-refractivity contribution in [2.75, 3.05) is 19.5 Å². The summed E-state index contributed by atoms with van der Waals surface area (Å²) < 4.78 is 0. The van der Waals surface area contributed by atoms with Crippen molar-refractivity contribution in [3.05, 3.63) is 24.3 Å². The lowest BCUT2D eigenvalue weighted by Gasteiger charge is -2.15. The van der Waals surface area contributed by atoms with Crippen molar-refractivity contribution in [3.63, 3.8) is 0 Å². The first-order chi connectivity index (χ1) is 6.79. The zero-order chi connectivity index (χ0) is 10.4. The van der Waals surface area contributed by atoms with Crippen LogP contribution in [0.2, 0.25) is 0 Å². The van der Waals surface area contributed by atoms with Crippen molar-refractivity contribution in [2.45, 2.75) is 19.8 Å². The summed E-state index contributed by atoms with van der Waals surface area (Å²) in [5.41, 5.74) is 0. The highest BCUT2D eigenvalue weighted by Gasteiger charge is 2.07. The van der Waals surface area contributed by atoms with E-state index in [9.17, 15) is 0 Å². The molecule has 0 N–H and O–H groups in total. The minimum atomic E-state index is 0.0988. The zero-order valence-corrected chi connectivity index (χ0v) is 11.3. The molecule has 0 radical (unpaired) electrons. The average molecular weight is 226 g/mol. The summed E-state index contributed by atoms with van der Waals surface area (Å²) in [5, 5.41) is 3.22. The molecule has 1 aromatic carbocycles. The Morgan fingerprint density at radius 3 is 2.64 bits per heavy atom. The molecule has 0 saturated heterocycles. The van der Waals surface area contributed by atoms with E-state index in [4.69, 9.17) is 0 Å². The quantitative estimate of drug-likeness (QED) is 0.676. The maximum Gasteiger partial charge on any atom is -0.0169 e. The molecule has 0 aromatic heterocycles. The highest BCUT2D eigenvalue weighted by atomic mass is 31.1. The molecule has 0 aliphatic rings. The molecule has 0 aliphatic carbocycles. The Morgan fingerprint density at radius 1 is 1.29 bits per heavy atom. The number of hydrogen-bond acceptors (Lipinski definition) is 0. The van der Waals surface area contributed by atoms with Crippen LogP contribution in [0.4, 0.5) is 0 Å². The van der Waals surface area contributed by atoms with Gasteiger partial charge >= 0.3 is 0 Å². The molecule has 0 nitrogen and oxygen atoms in total. The first-order valence-corrected chi connectivity index (χ1v) is 8.75. The van der Waals surface area contributed by atoms with Crippen molar-refractivity contribution in [1.29, 1.82) is 0 Å². The van der Waals surface area contributed by atoms with Gasteiger partial charge in [-0.15, -0.1) is 0 Å². The summed E-state index contributed by atoms with van der Waals surface area (Å²) in [4.78, 5) is 0. The third kappa shape index (κ3) is 3.34. The van der Waals surface area contributed by atoms with Gasteiger partial charge in [-0.3, -0.25) is 0 Å². The third-order valence-corrected chi connectivity index (χ3v) is 5.82. The Hall–Kier alpha value is 0.0800. The first-order valence-electron chi connectivity index (χ1n) is 5.27. The summed E-state index contributed by atoms with van der Waals surface area (Å²) in [6.45, 7) is 6.97. The van der Waals surface area contributed by atoms with Crippen molar-refractivity contribution in [3.8, 4) is 0 Å². The summed E-state index contributed by atoms with van der Waals surface area (Å²) in [7, 11) is 1.04. The molecule has 0 spiro atoms. The smallest absolute Gasteiger partial charge is 0.0169 e. The van der Waals surface area contributed by atoms with Crippen LogP contribution in [-0.2, 0) is 0 Å². The highest BCUT2D eigenvalue weighted by Crippen LogP contribution is 2.31. The van der Waals surface area contributed by atoms with E-state index in [2.05, 4.69) is 44.5 Å². The topological polar surface area (TPSA) is 0 Å². The van der Waals surface area contributed by atoms with Crippen LogP contribution >= 0.6 is 16.5 Å². The Kier molecular flexibility index (Phi) is 5.68. The van der Waals surface area contributed by atoms with Crippen molar-refractivity contribution >= 4 is 27.1 Å². The van der Waals surface area contributed by atoms with E-state index >= 15 is 0 Å². The standard InChI is InChI=1S/C12H20P2/c1-4-5-10-14(3)12-9-7-6-8-11(12)13-2/h6-9,13H,4-5,10H2,1-3H3/t14-/m1/s1. The summed E-state index contributed by atoms with van der Waals surface area (Å²) in [6, 6.07) is 8.97. The fraction of sp³-hybridized carbons (Fsp3) is 0.500. The van der Waals surface area contributed by atoms with Crippen LogP contribution in [0.25, 0.3) is 0 Å². The van der Waals surface area contributed by atoms with E-state index in [0.717, 1.165) is 8.58 Å². The van der Waals surface area contributed by atoms with E-state index in [0.29, 0.717) is 0 Å². The zero-order valence-electron chi connectivity index (χ0n) is 9.38. The second kappa shape index (κ2) is 6.54. The molecule has 2 atom stereocenters. The molecule has 0 aliphatic heterocycles. The number of unbranched alkanes of at least 4 members (excludes halogenated alkanes) is 1. The Labute approximate surface area is 91.0 Å². The molecule has 1 rings (SSSR count). The van der Waals surface area contributed by atoms with Gasteiger partial charge in [0.25, 0.3) is 0 Å². The minimum Gasteiger partial charge on any atom is -0.0929 e. The lowest BCUT2D eigenvalue weighted by atomic mass is 10.4. The van der Waals surface area contributed by atoms with Crippen LogP contribution in [0.5, 0.6) is 0 Å². The second-order valence-electron chi connectivity index (χ2n) is 3.54.